The molecule has 0 bridgehead atoms. The number of carbonyl (C=O) groups excluding carboxylic acids is 1. The summed E-state index contributed by atoms with van der Waals surface area (Å²) in [4.78, 5) is 15.1. The fraction of sp³-hybridized carbons (Fsp3) is 0.500. The van der Waals surface area contributed by atoms with E-state index in [4.69, 9.17) is 5.11 Å². The number of nitrogens with one attached hydrogen (secondary N) is 1. The molecule has 0 saturated carbocycles. The van der Waals surface area contributed by atoms with Crippen LogP contribution in [0.2, 0.25) is 0 Å². The molecule has 0 atom stereocenters. The second-order valence-electron chi connectivity index (χ2n) is 2.68. The lowest BCUT2D eigenvalue weighted by Crippen LogP contribution is -2.30. The first-order valence-electron chi connectivity index (χ1n) is 4.09. The number of nitrogens with zero attached hydrogens (tertiary/aromatic N) is 2. The minimum Gasteiger partial charge on any atom is -0.395 e. The zero-order valence-electron chi connectivity index (χ0n) is 7.53. The maximum atomic E-state index is 11.2. The van der Waals surface area contributed by atoms with Gasteiger partial charge in [-0.05, 0) is 6.92 Å². The van der Waals surface area contributed by atoms with E-state index in [1.165, 1.54) is 0 Å². The lowest BCUT2D eigenvalue weighted by atomic mass is 10.5. The number of aliphatic hydroxyl groups is 1. The van der Waals surface area contributed by atoms with Gasteiger partial charge >= 0.3 is 0 Å². The third kappa shape index (κ3) is 2.87. The van der Waals surface area contributed by atoms with Gasteiger partial charge in [0.2, 0.25) is 5.91 Å². The van der Waals surface area contributed by atoms with E-state index in [0.717, 1.165) is 5.82 Å². The van der Waals surface area contributed by atoms with Gasteiger partial charge in [-0.1, -0.05) is 0 Å². The molecule has 0 fully saturated rings. The number of aliphatic hydroxyl groups excluding tert-OH is 1. The Morgan fingerprint density at radius 2 is 2.54 bits per heavy atom. The van der Waals surface area contributed by atoms with Crippen molar-refractivity contribution in [2.45, 2.75) is 13.5 Å². The number of imidazole rings is 1. The SMILES string of the molecule is Cc1nccn1CC(=O)NCCO. The van der Waals surface area contributed by atoms with Crippen LogP contribution >= 0.6 is 0 Å². The van der Waals surface area contributed by atoms with Crippen molar-refractivity contribution in [2.24, 2.45) is 0 Å². The van der Waals surface area contributed by atoms with Gasteiger partial charge in [0.1, 0.15) is 12.4 Å². The quantitative estimate of drug-likeness (QED) is 0.648. The fourth-order valence-electron chi connectivity index (χ4n) is 0.977. The van der Waals surface area contributed by atoms with E-state index >= 15 is 0 Å². The Bertz CT molecular complexity index is 283. The number of aromatic nitrogens is 2. The van der Waals surface area contributed by atoms with Crippen LogP contribution in [0, 0.1) is 6.92 Å². The smallest absolute Gasteiger partial charge is 0.240 e. The molecule has 1 aromatic heterocycles. The van der Waals surface area contributed by atoms with Gasteiger partial charge in [0, 0.05) is 18.9 Å². The average Bonchev–Trinajstić information content (AvgIpc) is 2.48. The van der Waals surface area contributed by atoms with Crippen molar-refractivity contribution < 1.29 is 9.90 Å². The standard InChI is InChI=1S/C8H13N3O2/c1-7-9-2-4-11(7)6-8(13)10-3-5-12/h2,4,12H,3,5-6H2,1H3,(H,10,13). The summed E-state index contributed by atoms with van der Waals surface area (Å²) in [5.41, 5.74) is 0. The number of amides is 1. The van der Waals surface area contributed by atoms with E-state index < -0.39 is 0 Å². The summed E-state index contributed by atoms with van der Waals surface area (Å²) in [6.07, 6.45) is 3.39. The molecule has 0 aliphatic carbocycles. The number of hydrogen-bond donors (Lipinski definition) is 2. The summed E-state index contributed by atoms with van der Waals surface area (Å²) in [5.74, 6) is 0.689. The molecule has 0 saturated heterocycles. The normalized spacial score (nSPS) is 10.0. The van der Waals surface area contributed by atoms with Crippen LogP contribution in [0.3, 0.4) is 0 Å². The Morgan fingerprint density at radius 3 is 3.08 bits per heavy atom. The highest BCUT2D eigenvalue weighted by molar-refractivity contribution is 5.75. The van der Waals surface area contributed by atoms with Crippen LogP contribution in [0.15, 0.2) is 12.4 Å². The van der Waals surface area contributed by atoms with Crippen molar-refractivity contribution in [1.29, 1.82) is 0 Å². The van der Waals surface area contributed by atoms with Gasteiger partial charge < -0.3 is 15.0 Å². The molecule has 0 radical (unpaired) electrons. The zero-order valence-corrected chi connectivity index (χ0v) is 7.53. The molecule has 0 unspecified atom stereocenters. The first kappa shape index (κ1) is 9.73. The summed E-state index contributed by atoms with van der Waals surface area (Å²) in [6.45, 7) is 2.35. The molecule has 1 rings (SSSR count). The van der Waals surface area contributed by atoms with Crippen LogP contribution < -0.4 is 5.32 Å². The van der Waals surface area contributed by atoms with Crippen molar-refractivity contribution >= 4 is 5.91 Å². The fourth-order valence-corrected chi connectivity index (χ4v) is 0.977. The highest BCUT2D eigenvalue weighted by atomic mass is 16.3. The summed E-state index contributed by atoms with van der Waals surface area (Å²) in [5, 5.41) is 11.0. The van der Waals surface area contributed by atoms with Crippen molar-refractivity contribution in [3.63, 3.8) is 0 Å². The molecule has 1 amide bonds. The van der Waals surface area contributed by atoms with Crippen LogP contribution in [0.25, 0.3) is 0 Å². The van der Waals surface area contributed by atoms with Gasteiger partial charge in [0.25, 0.3) is 0 Å². The first-order chi connectivity index (χ1) is 6.24. The van der Waals surface area contributed by atoms with Gasteiger partial charge in [-0.2, -0.15) is 0 Å². The molecular weight excluding hydrogens is 170 g/mol. The summed E-state index contributed by atoms with van der Waals surface area (Å²) < 4.78 is 1.74. The van der Waals surface area contributed by atoms with Gasteiger partial charge in [-0.15, -0.1) is 0 Å². The van der Waals surface area contributed by atoms with Crippen molar-refractivity contribution in [3.05, 3.63) is 18.2 Å². The third-order valence-corrected chi connectivity index (χ3v) is 1.67. The summed E-state index contributed by atoms with van der Waals surface area (Å²) >= 11 is 0. The Morgan fingerprint density at radius 1 is 1.77 bits per heavy atom. The molecule has 13 heavy (non-hydrogen) atoms. The van der Waals surface area contributed by atoms with E-state index in [1.54, 1.807) is 17.0 Å². The van der Waals surface area contributed by atoms with Crippen LogP contribution in [-0.2, 0) is 11.3 Å². The van der Waals surface area contributed by atoms with Gasteiger partial charge in [-0.3, -0.25) is 4.79 Å². The van der Waals surface area contributed by atoms with E-state index in [-0.39, 0.29) is 19.1 Å². The minimum atomic E-state index is -0.116. The molecule has 72 valence electrons. The van der Waals surface area contributed by atoms with E-state index in [2.05, 4.69) is 10.3 Å². The van der Waals surface area contributed by atoms with Crippen molar-refractivity contribution in [1.82, 2.24) is 14.9 Å². The van der Waals surface area contributed by atoms with Crippen molar-refractivity contribution in [3.8, 4) is 0 Å². The van der Waals surface area contributed by atoms with Crippen LogP contribution in [0.1, 0.15) is 5.82 Å². The lowest BCUT2D eigenvalue weighted by Gasteiger charge is -2.04. The Labute approximate surface area is 76.4 Å². The monoisotopic (exact) mass is 183 g/mol. The molecular formula is C8H13N3O2. The molecule has 0 spiro atoms. The third-order valence-electron chi connectivity index (χ3n) is 1.67. The number of rotatable bonds is 4. The van der Waals surface area contributed by atoms with Crippen LogP contribution in [-0.4, -0.2) is 33.7 Å². The maximum Gasteiger partial charge on any atom is 0.240 e. The lowest BCUT2D eigenvalue weighted by molar-refractivity contribution is -0.121. The second-order valence-corrected chi connectivity index (χ2v) is 2.68. The predicted octanol–water partition coefficient (Wildman–Crippen LogP) is -0.700. The zero-order chi connectivity index (χ0) is 9.68. The number of carbonyl (C=O) groups is 1. The Kier molecular flexibility index (Phi) is 3.45. The largest absolute Gasteiger partial charge is 0.395 e. The maximum absolute atomic E-state index is 11.2. The average molecular weight is 183 g/mol. The summed E-state index contributed by atoms with van der Waals surface area (Å²) in [7, 11) is 0. The molecule has 0 aliphatic heterocycles. The highest BCUT2D eigenvalue weighted by Crippen LogP contribution is 1.93. The number of hydrogen-bond acceptors (Lipinski definition) is 3. The molecule has 5 nitrogen and oxygen atoms in total. The molecule has 1 heterocycles. The summed E-state index contributed by atoms with van der Waals surface area (Å²) in [6, 6.07) is 0. The van der Waals surface area contributed by atoms with Gasteiger partial charge in [0.05, 0.1) is 6.61 Å². The predicted molar refractivity (Wildman–Crippen MR) is 47.1 cm³/mol. The minimum absolute atomic E-state index is 0.0331. The van der Waals surface area contributed by atoms with E-state index in [0.29, 0.717) is 6.54 Å². The first-order valence-corrected chi connectivity index (χ1v) is 4.09. The molecule has 2 N–H and O–H groups in total. The Hall–Kier alpha value is -1.36. The number of aryl methyl sites for hydroxylation is 1. The van der Waals surface area contributed by atoms with Crippen LogP contribution in [0.4, 0.5) is 0 Å². The molecule has 5 heteroatoms. The van der Waals surface area contributed by atoms with Gasteiger partial charge in [0.15, 0.2) is 0 Å². The van der Waals surface area contributed by atoms with Gasteiger partial charge in [-0.25, -0.2) is 4.98 Å². The topological polar surface area (TPSA) is 67.2 Å². The second kappa shape index (κ2) is 4.61. The van der Waals surface area contributed by atoms with Crippen molar-refractivity contribution in [2.75, 3.05) is 13.2 Å². The molecule has 1 aromatic rings. The Balaban J connectivity index is 2.41. The molecule has 0 aromatic carbocycles. The van der Waals surface area contributed by atoms with Crippen LogP contribution in [0.5, 0.6) is 0 Å². The highest BCUT2D eigenvalue weighted by Gasteiger charge is 2.02. The van der Waals surface area contributed by atoms with E-state index in [9.17, 15) is 4.79 Å². The van der Waals surface area contributed by atoms with E-state index in [1.807, 2.05) is 6.92 Å². The molecule has 0 aliphatic rings.